The molecule has 1 atom stereocenters. The van der Waals surface area contributed by atoms with Crippen LogP contribution in [0, 0.1) is 0 Å². The van der Waals surface area contributed by atoms with Gasteiger partial charge in [0.1, 0.15) is 6.04 Å². The number of nitrogens with one attached hydrogen (secondary N) is 1. The van der Waals surface area contributed by atoms with Crippen LogP contribution in [0.15, 0.2) is 54.6 Å². The van der Waals surface area contributed by atoms with Gasteiger partial charge in [-0.25, -0.2) is 0 Å². The Morgan fingerprint density at radius 3 is 2.27 bits per heavy atom. The summed E-state index contributed by atoms with van der Waals surface area (Å²) in [6.07, 6.45) is 2.23. The van der Waals surface area contributed by atoms with Gasteiger partial charge >= 0.3 is 0 Å². The van der Waals surface area contributed by atoms with Crippen molar-refractivity contribution in [1.29, 1.82) is 0 Å². The summed E-state index contributed by atoms with van der Waals surface area (Å²) < 4.78 is 0. The minimum atomic E-state index is -0.670. The minimum absolute atomic E-state index is 0.00502. The molecule has 0 saturated carbocycles. The molecule has 0 radical (unpaired) electrons. The molecule has 0 bridgehead atoms. The Hall–Kier alpha value is -3.15. The molecular weight excluding hydrogens is 378 g/mol. The second-order valence-corrected chi connectivity index (χ2v) is 7.40. The van der Waals surface area contributed by atoms with Crippen molar-refractivity contribution in [3.05, 3.63) is 65.7 Å². The molecule has 1 saturated heterocycles. The molecule has 1 aliphatic heterocycles. The zero-order valence-corrected chi connectivity index (χ0v) is 17.6. The maximum absolute atomic E-state index is 13.2. The Balaban J connectivity index is 1.79. The Morgan fingerprint density at radius 1 is 1.00 bits per heavy atom. The van der Waals surface area contributed by atoms with E-state index in [1.807, 2.05) is 44.2 Å². The molecule has 0 aliphatic carbocycles. The number of anilines is 1. The van der Waals surface area contributed by atoms with Crippen molar-refractivity contribution < 1.29 is 14.4 Å². The van der Waals surface area contributed by atoms with E-state index in [0.29, 0.717) is 37.3 Å². The first-order valence-electron chi connectivity index (χ1n) is 10.6. The smallest absolute Gasteiger partial charge is 0.253 e. The highest BCUT2D eigenvalue weighted by Crippen LogP contribution is 2.27. The fourth-order valence-electron chi connectivity index (χ4n) is 3.81. The van der Waals surface area contributed by atoms with Crippen LogP contribution in [0.5, 0.6) is 0 Å². The summed E-state index contributed by atoms with van der Waals surface area (Å²) >= 11 is 0. The second-order valence-electron chi connectivity index (χ2n) is 7.40. The number of carbonyl (C=O) groups excluding carboxylic acids is 3. The monoisotopic (exact) mass is 407 g/mol. The number of rotatable bonds is 7. The highest BCUT2D eigenvalue weighted by atomic mass is 16.2. The van der Waals surface area contributed by atoms with Crippen molar-refractivity contribution in [3.63, 3.8) is 0 Å². The molecular formula is C24H29N3O3. The molecule has 6 nitrogen and oxygen atoms in total. The van der Waals surface area contributed by atoms with Gasteiger partial charge in [0.05, 0.1) is 0 Å². The molecule has 1 unspecified atom stereocenters. The van der Waals surface area contributed by atoms with E-state index in [2.05, 4.69) is 5.32 Å². The van der Waals surface area contributed by atoms with Gasteiger partial charge in [-0.3, -0.25) is 14.4 Å². The predicted molar refractivity (Wildman–Crippen MR) is 117 cm³/mol. The van der Waals surface area contributed by atoms with Gasteiger partial charge in [-0.05, 0) is 56.5 Å². The Morgan fingerprint density at radius 2 is 1.67 bits per heavy atom. The number of benzene rings is 2. The molecule has 3 amide bonds. The molecule has 2 aromatic rings. The van der Waals surface area contributed by atoms with E-state index < -0.39 is 6.04 Å². The molecule has 3 rings (SSSR count). The van der Waals surface area contributed by atoms with E-state index in [-0.39, 0.29) is 17.7 Å². The first-order valence-corrected chi connectivity index (χ1v) is 10.6. The van der Waals surface area contributed by atoms with Gasteiger partial charge < -0.3 is 15.1 Å². The fraction of sp³-hybridized carbons (Fsp3) is 0.375. The number of nitrogens with zero attached hydrogens (tertiary/aromatic N) is 2. The maximum atomic E-state index is 13.2. The van der Waals surface area contributed by atoms with Crippen LogP contribution < -0.4 is 5.32 Å². The number of carbonyl (C=O) groups is 3. The maximum Gasteiger partial charge on any atom is 0.253 e. The lowest BCUT2D eigenvalue weighted by molar-refractivity contribution is -0.141. The average molecular weight is 408 g/mol. The summed E-state index contributed by atoms with van der Waals surface area (Å²) in [5, 5.41) is 2.92. The van der Waals surface area contributed by atoms with Gasteiger partial charge in [-0.2, -0.15) is 0 Å². The standard InChI is InChI=1S/C24H29N3O3/c1-3-26(4-2)24(30)19-13-15-20(16-14-19)25-23(29)22(18-10-6-5-7-11-18)27-17-9-8-12-21(27)28/h5-7,10-11,13-16,22H,3-4,8-9,12,17H2,1-2H3,(H,25,29). The number of hydrogen-bond acceptors (Lipinski definition) is 3. The van der Waals surface area contributed by atoms with Gasteiger partial charge in [-0.15, -0.1) is 0 Å². The fourth-order valence-corrected chi connectivity index (χ4v) is 3.81. The molecule has 2 aromatic carbocycles. The number of likely N-dealkylation sites (tertiary alicyclic amines) is 1. The Kier molecular flexibility index (Phi) is 7.22. The molecule has 1 aliphatic rings. The third-order valence-electron chi connectivity index (χ3n) is 5.49. The van der Waals surface area contributed by atoms with Gasteiger partial charge in [0, 0.05) is 37.3 Å². The molecule has 30 heavy (non-hydrogen) atoms. The summed E-state index contributed by atoms with van der Waals surface area (Å²) in [6, 6.07) is 15.6. The zero-order chi connectivity index (χ0) is 21.5. The van der Waals surface area contributed by atoms with E-state index in [1.165, 1.54) is 0 Å². The largest absolute Gasteiger partial charge is 0.339 e. The first-order chi connectivity index (χ1) is 14.5. The van der Waals surface area contributed by atoms with Crippen LogP contribution >= 0.6 is 0 Å². The summed E-state index contributed by atoms with van der Waals surface area (Å²) in [7, 11) is 0. The Bertz CT molecular complexity index is 876. The van der Waals surface area contributed by atoms with Crippen LogP contribution in [0.1, 0.15) is 55.1 Å². The summed E-state index contributed by atoms with van der Waals surface area (Å²) in [6.45, 7) is 5.76. The summed E-state index contributed by atoms with van der Waals surface area (Å²) in [5.41, 5.74) is 1.97. The van der Waals surface area contributed by atoms with E-state index in [0.717, 1.165) is 18.4 Å². The quantitative estimate of drug-likeness (QED) is 0.758. The van der Waals surface area contributed by atoms with Gasteiger partial charge in [0.25, 0.3) is 11.8 Å². The summed E-state index contributed by atoms with van der Waals surface area (Å²) in [5.74, 6) is -0.274. The van der Waals surface area contributed by atoms with Gasteiger partial charge in [0.15, 0.2) is 0 Å². The van der Waals surface area contributed by atoms with E-state index in [4.69, 9.17) is 0 Å². The van der Waals surface area contributed by atoms with Crippen LogP contribution in [-0.2, 0) is 9.59 Å². The number of piperidine rings is 1. The zero-order valence-electron chi connectivity index (χ0n) is 17.6. The van der Waals surface area contributed by atoms with Crippen molar-refractivity contribution >= 4 is 23.4 Å². The summed E-state index contributed by atoms with van der Waals surface area (Å²) in [4.78, 5) is 41.6. The molecule has 0 aromatic heterocycles. The highest BCUT2D eigenvalue weighted by molar-refractivity contribution is 5.99. The molecule has 0 spiro atoms. The lowest BCUT2D eigenvalue weighted by Gasteiger charge is -2.34. The van der Waals surface area contributed by atoms with Crippen LogP contribution in [0.2, 0.25) is 0 Å². The second kappa shape index (κ2) is 10.1. The molecule has 1 N–H and O–H groups in total. The number of hydrogen-bond donors (Lipinski definition) is 1. The minimum Gasteiger partial charge on any atom is -0.339 e. The third-order valence-corrected chi connectivity index (χ3v) is 5.49. The molecule has 1 fully saturated rings. The van der Waals surface area contributed by atoms with E-state index in [9.17, 15) is 14.4 Å². The van der Waals surface area contributed by atoms with Gasteiger partial charge in [-0.1, -0.05) is 30.3 Å². The molecule has 158 valence electrons. The van der Waals surface area contributed by atoms with Crippen molar-refractivity contribution in [2.24, 2.45) is 0 Å². The van der Waals surface area contributed by atoms with Gasteiger partial charge in [0.2, 0.25) is 5.91 Å². The SMILES string of the molecule is CCN(CC)C(=O)c1ccc(NC(=O)C(c2ccccc2)N2CCCCC2=O)cc1. The number of amides is 3. The van der Waals surface area contributed by atoms with Crippen LogP contribution in [0.3, 0.4) is 0 Å². The average Bonchev–Trinajstić information content (AvgIpc) is 2.77. The van der Waals surface area contributed by atoms with Crippen molar-refractivity contribution in [2.75, 3.05) is 25.0 Å². The lowest BCUT2D eigenvalue weighted by atomic mass is 10.0. The third kappa shape index (κ3) is 4.87. The van der Waals surface area contributed by atoms with Crippen LogP contribution in [0.4, 0.5) is 5.69 Å². The Labute approximate surface area is 177 Å². The van der Waals surface area contributed by atoms with Crippen molar-refractivity contribution in [3.8, 4) is 0 Å². The topological polar surface area (TPSA) is 69.7 Å². The first kappa shape index (κ1) is 21.6. The highest BCUT2D eigenvalue weighted by Gasteiger charge is 2.32. The lowest BCUT2D eigenvalue weighted by Crippen LogP contribution is -2.43. The van der Waals surface area contributed by atoms with Crippen LogP contribution in [0.25, 0.3) is 0 Å². The normalized spacial score (nSPS) is 14.9. The van der Waals surface area contributed by atoms with Crippen molar-refractivity contribution in [2.45, 2.75) is 39.2 Å². The molecule has 6 heteroatoms. The van der Waals surface area contributed by atoms with E-state index >= 15 is 0 Å². The van der Waals surface area contributed by atoms with E-state index in [1.54, 1.807) is 34.1 Å². The van der Waals surface area contributed by atoms with Crippen molar-refractivity contribution in [1.82, 2.24) is 9.80 Å². The predicted octanol–water partition coefficient (Wildman–Crippen LogP) is 3.86. The molecule has 1 heterocycles. The van der Waals surface area contributed by atoms with Crippen LogP contribution in [-0.4, -0.2) is 47.2 Å².